The fraction of sp³-hybridized carbons (Fsp3) is 0.205. The molecule has 7 nitrogen and oxygen atoms in total. The molecule has 0 N–H and O–H groups in total. The second-order valence-electron chi connectivity index (χ2n) is 10.7. The summed E-state index contributed by atoms with van der Waals surface area (Å²) in [7, 11) is 0. The third-order valence-corrected chi connectivity index (χ3v) is 7.10. The molecule has 5 aromatic rings. The minimum atomic E-state index is -0.0235. The van der Waals surface area contributed by atoms with Crippen LogP contribution >= 0.6 is 0 Å². The monoisotopic (exact) mass is 615 g/mol. The van der Waals surface area contributed by atoms with Crippen molar-refractivity contribution in [2.45, 2.75) is 26.7 Å². The molecule has 0 saturated heterocycles. The molecule has 0 atom stereocenters. The first-order chi connectivity index (χ1) is 22.5. The Morgan fingerprint density at radius 2 is 0.848 bits per heavy atom. The van der Waals surface area contributed by atoms with E-state index < -0.39 is 0 Å². The van der Waals surface area contributed by atoms with Crippen LogP contribution in [0.1, 0.15) is 47.4 Å². The highest BCUT2D eigenvalue weighted by Crippen LogP contribution is 2.29. The molecule has 5 rings (SSSR count). The Bertz CT molecular complexity index is 1590. The molecule has 0 radical (unpaired) electrons. The Morgan fingerprint density at radius 1 is 0.500 bits per heavy atom. The number of carbonyl (C=O) groups is 2. The summed E-state index contributed by atoms with van der Waals surface area (Å²) in [5.74, 6) is 2.04. The highest BCUT2D eigenvalue weighted by Gasteiger charge is 2.09. The number of nitrogens with zero attached hydrogens (tertiary/aromatic N) is 1. The van der Waals surface area contributed by atoms with Crippen molar-refractivity contribution in [1.82, 2.24) is 4.98 Å². The van der Waals surface area contributed by atoms with Gasteiger partial charge in [-0.25, -0.2) is 0 Å². The second kappa shape index (κ2) is 16.3. The van der Waals surface area contributed by atoms with Crippen molar-refractivity contribution in [3.63, 3.8) is 0 Å². The number of pyridine rings is 1. The topological polar surface area (TPSA) is 84.0 Å². The molecule has 0 saturated carbocycles. The maximum absolute atomic E-state index is 12.3. The number of hydrogen-bond acceptors (Lipinski definition) is 7. The number of rotatable bonds is 16. The summed E-state index contributed by atoms with van der Waals surface area (Å²) in [6.45, 7) is 5.39. The van der Waals surface area contributed by atoms with Gasteiger partial charge in [0.1, 0.15) is 24.7 Å². The molecule has 46 heavy (non-hydrogen) atoms. The SMILES string of the molecule is CCCOCC(=O)c1ccc(-c2ccc(Oc3cccc(Oc4ccc(-c5ccc(C(=O)COCCC)cc5)cc4)n3)cc2)cc1. The van der Waals surface area contributed by atoms with Gasteiger partial charge in [-0.2, -0.15) is 4.98 Å². The van der Waals surface area contributed by atoms with Crippen molar-refractivity contribution in [1.29, 1.82) is 0 Å². The van der Waals surface area contributed by atoms with Crippen LogP contribution in [0.25, 0.3) is 22.3 Å². The lowest BCUT2D eigenvalue weighted by molar-refractivity contribution is 0.0757. The maximum Gasteiger partial charge on any atom is 0.222 e. The van der Waals surface area contributed by atoms with Crippen molar-refractivity contribution in [3.8, 4) is 45.5 Å². The zero-order valence-electron chi connectivity index (χ0n) is 26.1. The van der Waals surface area contributed by atoms with Crippen molar-refractivity contribution >= 4 is 11.6 Å². The van der Waals surface area contributed by atoms with Gasteiger partial charge >= 0.3 is 0 Å². The molecular formula is C39H37NO6. The fourth-order valence-electron chi connectivity index (χ4n) is 4.66. The third kappa shape index (κ3) is 8.97. The van der Waals surface area contributed by atoms with Gasteiger partial charge in [0.15, 0.2) is 11.6 Å². The van der Waals surface area contributed by atoms with Crippen LogP contribution in [-0.4, -0.2) is 43.0 Å². The average molecular weight is 616 g/mol. The highest BCUT2D eigenvalue weighted by molar-refractivity contribution is 5.98. The first kappa shape index (κ1) is 32.3. The Morgan fingerprint density at radius 3 is 1.20 bits per heavy atom. The van der Waals surface area contributed by atoms with E-state index >= 15 is 0 Å². The minimum Gasteiger partial charge on any atom is -0.439 e. The maximum atomic E-state index is 12.3. The van der Waals surface area contributed by atoms with Gasteiger partial charge in [-0.05, 0) is 59.4 Å². The van der Waals surface area contributed by atoms with Gasteiger partial charge in [0.25, 0.3) is 0 Å². The molecule has 0 aliphatic heterocycles. The van der Waals surface area contributed by atoms with Crippen LogP contribution in [0.4, 0.5) is 0 Å². The van der Waals surface area contributed by atoms with E-state index in [1.807, 2.05) is 117 Å². The van der Waals surface area contributed by atoms with Crippen LogP contribution in [0.5, 0.6) is 23.3 Å². The molecule has 0 aliphatic carbocycles. The lowest BCUT2D eigenvalue weighted by atomic mass is 10.0. The van der Waals surface area contributed by atoms with Gasteiger partial charge in [-0.1, -0.05) is 92.7 Å². The van der Waals surface area contributed by atoms with E-state index in [1.165, 1.54) is 0 Å². The summed E-state index contributed by atoms with van der Waals surface area (Å²) in [6.07, 6.45) is 1.77. The standard InChI is InChI=1S/C39H37NO6/c1-3-24-43-26-36(41)32-12-8-28(9-13-32)30-16-20-34(21-17-30)45-38-6-5-7-39(40-38)46-35-22-18-31(19-23-35)29-10-14-33(15-11-29)37(42)27-44-25-4-2/h5-23H,3-4,24-27H2,1-2H3. The molecule has 4 aromatic carbocycles. The van der Waals surface area contributed by atoms with Crippen LogP contribution < -0.4 is 9.47 Å². The Labute approximate surface area is 269 Å². The number of aromatic nitrogens is 1. The second-order valence-corrected chi connectivity index (χ2v) is 10.7. The minimum absolute atomic E-state index is 0.0235. The van der Waals surface area contributed by atoms with Crippen molar-refractivity contribution in [2.24, 2.45) is 0 Å². The van der Waals surface area contributed by atoms with Gasteiger partial charge in [0.2, 0.25) is 11.8 Å². The first-order valence-electron chi connectivity index (χ1n) is 15.5. The molecular weight excluding hydrogens is 578 g/mol. The molecule has 0 fully saturated rings. The Balaban J connectivity index is 1.16. The number of hydrogen-bond donors (Lipinski definition) is 0. The normalized spacial score (nSPS) is 10.8. The zero-order valence-corrected chi connectivity index (χ0v) is 26.1. The van der Waals surface area contributed by atoms with Crippen molar-refractivity contribution in [3.05, 3.63) is 126 Å². The molecule has 0 bridgehead atoms. The fourth-order valence-corrected chi connectivity index (χ4v) is 4.66. The van der Waals surface area contributed by atoms with Crippen LogP contribution in [0.2, 0.25) is 0 Å². The lowest BCUT2D eigenvalue weighted by Crippen LogP contribution is -2.09. The molecule has 234 valence electrons. The van der Waals surface area contributed by atoms with Crippen LogP contribution in [-0.2, 0) is 9.47 Å². The first-order valence-corrected chi connectivity index (χ1v) is 15.5. The van der Waals surface area contributed by atoms with Gasteiger partial charge in [0.05, 0.1) is 0 Å². The predicted molar refractivity (Wildman–Crippen MR) is 179 cm³/mol. The highest BCUT2D eigenvalue weighted by atomic mass is 16.5. The number of carbonyl (C=O) groups excluding carboxylic acids is 2. The Kier molecular flexibility index (Phi) is 11.4. The molecule has 7 heteroatoms. The van der Waals surface area contributed by atoms with E-state index in [0.717, 1.165) is 35.1 Å². The molecule has 1 aromatic heterocycles. The zero-order chi connectivity index (χ0) is 32.1. The number of ether oxygens (including phenoxy) is 4. The smallest absolute Gasteiger partial charge is 0.222 e. The number of ketones is 2. The van der Waals surface area contributed by atoms with Crippen molar-refractivity contribution < 1.29 is 28.5 Å². The van der Waals surface area contributed by atoms with E-state index in [0.29, 0.717) is 47.6 Å². The molecule has 0 unspecified atom stereocenters. The summed E-state index contributed by atoms with van der Waals surface area (Å²) >= 11 is 0. The summed E-state index contributed by atoms with van der Waals surface area (Å²) in [4.78, 5) is 29.0. The summed E-state index contributed by atoms with van der Waals surface area (Å²) in [6, 6.07) is 35.8. The van der Waals surface area contributed by atoms with E-state index in [4.69, 9.17) is 18.9 Å². The van der Waals surface area contributed by atoms with E-state index in [9.17, 15) is 9.59 Å². The molecule has 1 heterocycles. The van der Waals surface area contributed by atoms with Gasteiger partial charge in [0, 0.05) is 36.5 Å². The Hall–Kier alpha value is -5.11. The summed E-state index contributed by atoms with van der Waals surface area (Å²) in [5, 5.41) is 0. The van der Waals surface area contributed by atoms with Gasteiger partial charge < -0.3 is 18.9 Å². The average Bonchev–Trinajstić information content (AvgIpc) is 3.09. The summed E-state index contributed by atoms with van der Waals surface area (Å²) in [5.41, 5.74) is 5.27. The summed E-state index contributed by atoms with van der Waals surface area (Å²) < 4.78 is 22.7. The van der Waals surface area contributed by atoms with Crippen LogP contribution in [0.3, 0.4) is 0 Å². The van der Waals surface area contributed by atoms with E-state index in [2.05, 4.69) is 4.98 Å². The molecule has 0 spiro atoms. The molecule has 0 amide bonds. The predicted octanol–water partition coefficient (Wildman–Crippen LogP) is 9.22. The van der Waals surface area contributed by atoms with Gasteiger partial charge in [-0.3, -0.25) is 9.59 Å². The molecule has 0 aliphatic rings. The quantitative estimate of drug-likeness (QED) is 0.0808. The van der Waals surface area contributed by atoms with E-state index in [-0.39, 0.29) is 24.8 Å². The lowest BCUT2D eigenvalue weighted by Gasteiger charge is -2.10. The third-order valence-electron chi connectivity index (χ3n) is 7.10. The number of benzene rings is 4. The van der Waals surface area contributed by atoms with Gasteiger partial charge in [-0.15, -0.1) is 0 Å². The largest absolute Gasteiger partial charge is 0.439 e. The van der Waals surface area contributed by atoms with Crippen molar-refractivity contribution in [2.75, 3.05) is 26.4 Å². The van der Waals surface area contributed by atoms with E-state index in [1.54, 1.807) is 12.1 Å². The van der Waals surface area contributed by atoms with Crippen LogP contribution in [0, 0.1) is 0 Å². The number of Topliss-reactive ketones (excluding diaryl/α,β-unsaturated/α-hetero) is 2. The van der Waals surface area contributed by atoms with Crippen LogP contribution in [0.15, 0.2) is 115 Å².